The van der Waals surface area contributed by atoms with Crippen LogP contribution >= 0.6 is 0 Å². The van der Waals surface area contributed by atoms with Gasteiger partial charge < -0.3 is 14.6 Å². The molecular formula is C20H21N7O3S. The van der Waals surface area contributed by atoms with Gasteiger partial charge >= 0.3 is 0 Å². The Labute approximate surface area is 178 Å². The van der Waals surface area contributed by atoms with E-state index in [0.717, 1.165) is 20.7 Å². The summed E-state index contributed by atoms with van der Waals surface area (Å²) in [6, 6.07) is 3.85. The summed E-state index contributed by atoms with van der Waals surface area (Å²) in [4.78, 5) is 19.2. The second kappa shape index (κ2) is 6.72. The molecular weight excluding hydrogens is 418 g/mol. The molecule has 5 heterocycles. The van der Waals surface area contributed by atoms with Crippen LogP contribution in [0.4, 0.5) is 5.82 Å². The first-order valence-electron chi connectivity index (χ1n) is 10.3. The van der Waals surface area contributed by atoms with Crippen LogP contribution in [0.3, 0.4) is 0 Å². The smallest absolute Gasteiger partial charge is 0.258 e. The highest BCUT2D eigenvalue weighted by molar-refractivity contribution is 7.90. The fraction of sp³-hybridized carbons (Fsp3) is 0.400. The fourth-order valence-corrected chi connectivity index (χ4v) is 5.68. The number of nitrogens with zero attached hydrogens (tertiary/aromatic N) is 6. The molecule has 1 atom stereocenters. The molecule has 2 aliphatic rings. The predicted molar refractivity (Wildman–Crippen MR) is 115 cm³/mol. The topological polar surface area (TPSA) is 119 Å². The number of ether oxygens (including phenoxy) is 1. The quantitative estimate of drug-likeness (QED) is 0.512. The highest BCUT2D eigenvalue weighted by Gasteiger charge is 2.39. The van der Waals surface area contributed by atoms with Gasteiger partial charge in [0.25, 0.3) is 10.0 Å². The summed E-state index contributed by atoms with van der Waals surface area (Å²) >= 11 is 0. The van der Waals surface area contributed by atoms with Crippen LogP contribution in [0.15, 0.2) is 30.7 Å². The number of hydrogen-bond donors (Lipinski definition) is 1. The third-order valence-corrected chi connectivity index (χ3v) is 7.97. The summed E-state index contributed by atoms with van der Waals surface area (Å²) in [6.45, 7) is 3.88. The van der Waals surface area contributed by atoms with Gasteiger partial charge in [0.1, 0.15) is 11.5 Å². The van der Waals surface area contributed by atoms with Crippen molar-refractivity contribution in [2.24, 2.45) is 0 Å². The minimum atomic E-state index is -3.59. The molecule has 0 aromatic carbocycles. The summed E-state index contributed by atoms with van der Waals surface area (Å²) in [7, 11) is -3.59. The van der Waals surface area contributed by atoms with E-state index < -0.39 is 15.3 Å². The number of pyridine rings is 1. The SMILES string of the molecule is C[C@@H]1COCCN1c1nc(-c2ccnc3[nH]ccc23)nc2c1cnn2S(=O)(=O)C1CC1. The molecule has 1 aliphatic carbocycles. The fourth-order valence-electron chi connectivity index (χ4n) is 4.10. The number of anilines is 1. The molecule has 0 radical (unpaired) electrons. The van der Waals surface area contributed by atoms with E-state index in [9.17, 15) is 8.42 Å². The molecule has 0 amide bonds. The summed E-state index contributed by atoms with van der Waals surface area (Å²) in [5, 5.41) is 5.35. The van der Waals surface area contributed by atoms with Gasteiger partial charge in [-0.15, -0.1) is 4.09 Å². The molecule has 10 nitrogen and oxygen atoms in total. The maximum atomic E-state index is 13.0. The Kier molecular flexibility index (Phi) is 4.06. The molecule has 11 heteroatoms. The second-order valence-corrected chi connectivity index (χ2v) is 10.1. The van der Waals surface area contributed by atoms with Crippen molar-refractivity contribution in [1.29, 1.82) is 0 Å². The minimum Gasteiger partial charge on any atom is -0.377 e. The maximum Gasteiger partial charge on any atom is 0.258 e. The van der Waals surface area contributed by atoms with Gasteiger partial charge in [0.05, 0.1) is 36.1 Å². The van der Waals surface area contributed by atoms with Crippen molar-refractivity contribution in [2.45, 2.75) is 31.1 Å². The number of morpholine rings is 1. The van der Waals surface area contributed by atoms with E-state index in [0.29, 0.717) is 55.3 Å². The number of aromatic nitrogens is 6. The number of H-pyrrole nitrogens is 1. The molecule has 6 rings (SSSR count). The normalized spacial score (nSPS) is 20.0. The Balaban J connectivity index is 1.63. The van der Waals surface area contributed by atoms with E-state index in [1.54, 1.807) is 12.4 Å². The first-order chi connectivity index (χ1) is 15.0. The zero-order chi connectivity index (χ0) is 21.2. The van der Waals surface area contributed by atoms with Crippen molar-refractivity contribution in [2.75, 3.05) is 24.7 Å². The molecule has 0 bridgehead atoms. The highest BCUT2D eigenvalue weighted by Crippen LogP contribution is 2.35. The summed E-state index contributed by atoms with van der Waals surface area (Å²) in [5.74, 6) is 1.12. The number of rotatable bonds is 4. The largest absolute Gasteiger partial charge is 0.377 e. The van der Waals surface area contributed by atoms with Gasteiger partial charge in [-0.3, -0.25) is 0 Å². The van der Waals surface area contributed by atoms with Gasteiger partial charge in [-0.2, -0.15) is 5.10 Å². The molecule has 1 aliphatic heterocycles. The minimum absolute atomic E-state index is 0.0906. The molecule has 0 unspecified atom stereocenters. The van der Waals surface area contributed by atoms with Crippen LogP contribution in [-0.4, -0.2) is 68.6 Å². The lowest BCUT2D eigenvalue weighted by molar-refractivity contribution is 0.0987. The van der Waals surface area contributed by atoms with E-state index in [4.69, 9.17) is 14.7 Å². The zero-order valence-corrected chi connectivity index (χ0v) is 17.7. The average molecular weight is 440 g/mol. The van der Waals surface area contributed by atoms with Gasteiger partial charge in [0, 0.05) is 29.9 Å². The van der Waals surface area contributed by atoms with Crippen molar-refractivity contribution in [3.8, 4) is 11.4 Å². The molecule has 2 fully saturated rings. The number of nitrogens with one attached hydrogen (secondary N) is 1. The first kappa shape index (κ1) is 18.7. The lowest BCUT2D eigenvalue weighted by Crippen LogP contribution is -2.44. The van der Waals surface area contributed by atoms with E-state index in [1.807, 2.05) is 18.3 Å². The third kappa shape index (κ3) is 2.91. The molecule has 4 aromatic rings. The lowest BCUT2D eigenvalue weighted by atomic mass is 10.1. The van der Waals surface area contributed by atoms with Gasteiger partial charge in [-0.25, -0.2) is 23.4 Å². The number of hydrogen-bond acceptors (Lipinski definition) is 8. The van der Waals surface area contributed by atoms with Crippen molar-refractivity contribution in [1.82, 2.24) is 29.1 Å². The Bertz CT molecular complexity index is 1410. The molecule has 1 saturated heterocycles. The van der Waals surface area contributed by atoms with Gasteiger partial charge in [0.2, 0.25) is 0 Å². The highest BCUT2D eigenvalue weighted by atomic mass is 32.2. The van der Waals surface area contributed by atoms with Gasteiger partial charge in [-0.05, 0) is 31.9 Å². The lowest BCUT2D eigenvalue weighted by Gasteiger charge is -2.34. The van der Waals surface area contributed by atoms with Crippen LogP contribution in [-0.2, 0) is 14.8 Å². The van der Waals surface area contributed by atoms with Crippen LogP contribution < -0.4 is 4.90 Å². The third-order valence-electron chi connectivity index (χ3n) is 5.91. The van der Waals surface area contributed by atoms with Crippen LogP contribution in [0.5, 0.6) is 0 Å². The average Bonchev–Trinajstić information content (AvgIpc) is 3.37. The van der Waals surface area contributed by atoms with Crippen LogP contribution in [0.2, 0.25) is 0 Å². The van der Waals surface area contributed by atoms with Crippen molar-refractivity contribution >= 4 is 37.9 Å². The Morgan fingerprint density at radius 3 is 2.87 bits per heavy atom. The summed E-state index contributed by atoms with van der Waals surface area (Å²) in [6.07, 6.45) is 6.38. The molecule has 0 spiro atoms. The van der Waals surface area contributed by atoms with Crippen molar-refractivity contribution in [3.63, 3.8) is 0 Å². The maximum absolute atomic E-state index is 13.0. The summed E-state index contributed by atoms with van der Waals surface area (Å²) in [5.41, 5.74) is 1.82. The molecule has 31 heavy (non-hydrogen) atoms. The molecule has 1 N–H and O–H groups in total. The van der Waals surface area contributed by atoms with Gasteiger partial charge in [0.15, 0.2) is 11.5 Å². The Morgan fingerprint density at radius 1 is 1.19 bits per heavy atom. The monoisotopic (exact) mass is 439 g/mol. The molecule has 4 aromatic heterocycles. The Morgan fingerprint density at radius 2 is 2.06 bits per heavy atom. The van der Waals surface area contributed by atoms with Crippen LogP contribution in [0.1, 0.15) is 19.8 Å². The zero-order valence-electron chi connectivity index (χ0n) is 16.9. The second-order valence-electron chi connectivity index (χ2n) is 8.06. The van der Waals surface area contributed by atoms with Crippen LogP contribution in [0, 0.1) is 0 Å². The number of fused-ring (bicyclic) bond motifs is 2. The number of aromatic amines is 1. The predicted octanol–water partition coefficient (Wildman–Crippen LogP) is 1.93. The van der Waals surface area contributed by atoms with E-state index >= 15 is 0 Å². The van der Waals surface area contributed by atoms with Gasteiger partial charge in [-0.1, -0.05) is 0 Å². The van der Waals surface area contributed by atoms with Crippen molar-refractivity contribution < 1.29 is 13.2 Å². The van der Waals surface area contributed by atoms with E-state index in [-0.39, 0.29) is 6.04 Å². The van der Waals surface area contributed by atoms with E-state index in [2.05, 4.69) is 26.9 Å². The first-order valence-corrected chi connectivity index (χ1v) is 11.8. The summed E-state index contributed by atoms with van der Waals surface area (Å²) < 4.78 is 32.7. The Hall–Kier alpha value is -3.05. The van der Waals surface area contributed by atoms with Crippen LogP contribution in [0.25, 0.3) is 33.5 Å². The molecule has 1 saturated carbocycles. The standard InChI is InChI=1S/C20H21N7O3S/c1-12-11-30-9-8-26(12)19-16-10-23-27(31(28,29)13-2-3-13)20(16)25-18(24-19)15-5-7-22-17-14(15)4-6-21-17/h4-7,10,12-13H,2-3,8-9,11H2,1H3,(H,21,22)/t12-/m1/s1. The van der Waals surface area contributed by atoms with E-state index in [1.165, 1.54) is 0 Å². The molecule has 160 valence electrons. The van der Waals surface area contributed by atoms with Crippen molar-refractivity contribution in [3.05, 3.63) is 30.7 Å².